The molecule has 0 spiro atoms. The van der Waals surface area contributed by atoms with E-state index in [1.165, 1.54) is 0 Å². The van der Waals surface area contributed by atoms with Gasteiger partial charge in [-0.1, -0.05) is 70.2 Å². The molecular weight excluding hydrogens is 480 g/mol. The minimum atomic E-state index is -0.613. The average molecular weight is 508 g/mol. The summed E-state index contributed by atoms with van der Waals surface area (Å²) in [5.41, 5.74) is 2.10. The van der Waals surface area contributed by atoms with Gasteiger partial charge in [0.2, 0.25) is 5.91 Å². The molecule has 0 saturated heterocycles. The van der Waals surface area contributed by atoms with E-state index in [4.69, 9.17) is 16.3 Å². The van der Waals surface area contributed by atoms with Crippen molar-refractivity contribution in [3.05, 3.63) is 63.1 Å². The lowest BCUT2D eigenvalue weighted by molar-refractivity contribution is -0.142. The van der Waals surface area contributed by atoms with Crippen LogP contribution in [-0.4, -0.2) is 35.4 Å². The molecule has 1 aliphatic carbocycles. The molecule has 7 heteroatoms. The summed E-state index contributed by atoms with van der Waals surface area (Å²) in [5.74, 6) is 0.0271. The lowest BCUT2D eigenvalue weighted by Gasteiger charge is -2.29. The second kappa shape index (κ2) is 11.0. The first kappa shape index (κ1) is 23.6. The summed E-state index contributed by atoms with van der Waals surface area (Å²) >= 11 is 9.55. The van der Waals surface area contributed by atoms with Gasteiger partial charge in [0.15, 0.2) is 6.61 Å². The van der Waals surface area contributed by atoms with Gasteiger partial charge in [-0.05, 0) is 50.5 Å². The minimum absolute atomic E-state index is 0.131. The van der Waals surface area contributed by atoms with Gasteiger partial charge in [-0.25, -0.2) is 0 Å². The fraction of sp³-hybridized carbons (Fsp3) is 0.417. The van der Waals surface area contributed by atoms with Crippen LogP contribution in [0.3, 0.4) is 0 Å². The molecule has 0 bridgehead atoms. The highest BCUT2D eigenvalue weighted by atomic mass is 79.9. The normalized spacial score (nSPS) is 14.8. The summed E-state index contributed by atoms with van der Waals surface area (Å²) in [7, 11) is 0. The molecule has 2 aromatic rings. The Hall–Kier alpha value is -2.05. The zero-order valence-corrected chi connectivity index (χ0v) is 20.2. The Morgan fingerprint density at radius 2 is 1.87 bits per heavy atom. The summed E-state index contributed by atoms with van der Waals surface area (Å²) in [4.78, 5) is 27.6. The monoisotopic (exact) mass is 506 g/mol. The van der Waals surface area contributed by atoms with Crippen molar-refractivity contribution in [1.82, 2.24) is 10.2 Å². The number of amides is 2. The standard InChI is InChI=1S/C24H28BrClN2O3/c1-16-7-9-18(10-8-16)14-28(17(2)24(30)27-20-5-3-4-6-20)23(29)15-31-22-12-11-19(25)13-21(22)26/h7-13,17,20H,3-6,14-15H2,1-2H3,(H,27,30)/t17-/m0/s1. The molecule has 0 radical (unpaired) electrons. The number of aryl methyl sites for hydroxylation is 1. The number of ether oxygens (including phenoxy) is 1. The number of hydrogen-bond acceptors (Lipinski definition) is 3. The molecular formula is C24H28BrClN2O3. The van der Waals surface area contributed by atoms with Crippen LogP contribution < -0.4 is 10.1 Å². The molecule has 1 fully saturated rings. The molecule has 31 heavy (non-hydrogen) atoms. The number of hydrogen-bond donors (Lipinski definition) is 1. The Balaban J connectivity index is 1.72. The molecule has 0 aliphatic heterocycles. The second-order valence-electron chi connectivity index (χ2n) is 8.04. The minimum Gasteiger partial charge on any atom is -0.482 e. The molecule has 2 amide bonds. The largest absolute Gasteiger partial charge is 0.482 e. The third-order valence-corrected chi connectivity index (χ3v) is 6.38. The third kappa shape index (κ3) is 6.71. The fourth-order valence-corrected chi connectivity index (χ4v) is 4.41. The van der Waals surface area contributed by atoms with Gasteiger partial charge in [-0.15, -0.1) is 0 Å². The molecule has 0 heterocycles. The van der Waals surface area contributed by atoms with Crippen LogP contribution in [0.2, 0.25) is 5.02 Å². The topological polar surface area (TPSA) is 58.6 Å². The number of nitrogens with zero attached hydrogens (tertiary/aromatic N) is 1. The molecule has 166 valence electrons. The van der Waals surface area contributed by atoms with Crippen LogP contribution in [0, 0.1) is 6.92 Å². The Labute approximate surface area is 197 Å². The summed E-state index contributed by atoms with van der Waals surface area (Å²) in [6.45, 7) is 3.91. The predicted octanol–water partition coefficient (Wildman–Crippen LogP) is 5.27. The van der Waals surface area contributed by atoms with Crippen LogP contribution in [0.5, 0.6) is 5.75 Å². The Kier molecular flexibility index (Phi) is 8.38. The number of rotatable bonds is 8. The summed E-state index contributed by atoms with van der Waals surface area (Å²) < 4.78 is 6.51. The van der Waals surface area contributed by atoms with E-state index in [1.54, 1.807) is 30.0 Å². The van der Waals surface area contributed by atoms with E-state index < -0.39 is 6.04 Å². The third-order valence-electron chi connectivity index (χ3n) is 5.59. The number of nitrogens with one attached hydrogen (secondary N) is 1. The van der Waals surface area contributed by atoms with E-state index >= 15 is 0 Å². The zero-order valence-electron chi connectivity index (χ0n) is 17.9. The number of carbonyl (C=O) groups is 2. The van der Waals surface area contributed by atoms with E-state index in [9.17, 15) is 9.59 Å². The summed E-state index contributed by atoms with van der Waals surface area (Å²) in [6.07, 6.45) is 4.26. The zero-order chi connectivity index (χ0) is 22.4. The van der Waals surface area contributed by atoms with Crippen molar-refractivity contribution in [2.45, 2.75) is 58.2 Å². The van der Waals surface area contributed by atoms with E-state index in [2.05, 4.69) is 21.2 Å². The molecule has 3 rings (SSSR count). The lowest BCUT2D eigenvalue weighted by Crippen LogP contribution is -2.50. The SMILES string of the molecule is Cc1ccc(CN(C(=O)COc2ccc(Br)cc2Cl)[C@@H](C)C(=O)NC2CCCC2)cc1. The van der Waals surface area contributed by atoms with Crippen LogP contribution >= 0.6 is 27.5 Å². The number of carbonyl (C=O) groups excluding carboxylic acids is 2. The van der Waals surface area contributed by atoms with Crippen molar-refractivity contribution in [3.63, 3.8) is 0 Å². The Morgan fingerprint density at radius 3 is 2.52 bits per heavy atom. The van der Waals surface area contributed by atoms with Crippen LogP contribution in [0.25, 0.3) is 0 Å². The first-order valence-corrected chi connectivity index (χ1v) is 11.7. The van der Waals surface area contributed by atoms with Gasteiger partial charge in [-0.2, -0.15) is 0 Å². The quantitative estimate of drug-likeness (QED) is 0.530. The summed E-state index contributed by atoms with van der Waals surface area (Å²) in [5, 5.41) is 3.51. The molecule has 1 saturated carbocycles. The van der Waals surface area contributed by atoms with Gasteiger partial charge in [0.05, 0.1) is 5.02 Å². The van der Waals surface area contributed by atoms with Gasteiger partial charge in [0.1, 0.15) is 11.8 Å². The van der Waals surface area contributed by atoms with Crippen molar-refractivity contribution < 1.29 is 14.3 Å². The van der Waals surface area contributed by atoms with Crippen molar-refractivity contribution >= 4 is 39.3 Å². The molecule has 1 aliphatic rings. The maximum atomic E-state index is 13.1. The van der Waals surface area contributed by atoms with E-state index in [-0.39, 0.29) is 24.5 Å². The predicted molar refractivity (Wildman–Crippen MR) is 126 cm³/mol. The molecule has 0 unspecified atom stereocenters. The first-order valence-electron chi connectivity index (χ1n) is 10.6. The fourth-order valence-electron chi connectivity index (χ4n) is 3.68. The average Bonchev–Trinajstić information content (AvgIpc) is 3.25. The van der Waals surface area contributed by atoms with Crippen molar-refractivity contribution in [2.24, 2.45) is 0 Å². The highest BCUT2D eigenvalue weighted by Crippen LogP contribution is 2.28. The summed E-state index contributed by atoms with van der Waals surface area (Å²) in [6, 6.07) is 12.8. The smallest absolute Gasteiger partial charge is 0.261 e. The van der Waals surface area contributed by atoms with Crippen LogP contribution in [-0.2, 0) is 16.1 Å². The molecule has 1 N–H and O–H groups in total. The molecule has 2 aromatic carbocycles. The lowest BCUT2D eigenvalue weighted by atomic mass is 10.1. The van der Waals surface area contributed by atoms with Crippen molar-refractivity contribution in [2.75, 3.05) is 6.61 Å². The number of halogens is 2. The molecule has 0 aromatic heterocycles. The van der Waals surface area contributed by atoms with E-state index in [0.717, 1.165) is 41.3 Å². The van der Waals surface area contributed by atoms with Crippen LogP contribution in [0.15, 0.2) is 46.9 Å². The Morgan fingerprint density at radius 1 is 1.19 bits per heavy atom. The molecule has 1 atom stereocenters. The first-order chi connectivity index (χ1) is 14.8. The van der Waals surface area contributed by atoms with Gasteiger partial charge < -0.3 is 15.0 Å². The van der Waals surface area contributed by atoms with Gasteiger partial charge in [-0.3, -0.25) is 9.59 Å². The highest BCUT2D eigenvalue weighted by Gasteiger charge is 2.28. The van der Waals surface area contributed by atoms with Crippen LogP contribution in [0.4, 0.5) is 0 Å². The highest BCUT2D eigenvalue weighted by molar-refractivity contribution is 9.10. The van der Waals surface area contributed by atoms with Crippen LogP contribution in [0.1, 0.15) is 43.7 Å². The van der Waals surface area contributed by atoms with Crippen molar-refractivity contribution in [1.29, 1.82) is 0 Å². The van der Waals surface area contributed by atoms with Crippen molar-refractivity contribution in [3.8, 4) is 5.75 Å². The maximum absolute atomic E-state index is 13.1. The van der Waals surface area contributed by atoms with E-state index in [1.807, 2.05) is 31.2 Å². The molecule has 5 nitrogen and oxygen atoms in total. The number of benzene rings is 2. The second-order valence-corrected chi connectivity index (χ2v) is 9.36. The Bertz CT molecular complexity index is 914. The maximum Gasteiger partial charge on any atom is 0.261 e. The van der Waals surface area contributed by atoms with Gasteiger partial charge in [0.25, 0.3) is 5.91 Å². The van der Waals surface area contributed by atoms with Gasteiger partial charge in [0, 0.05) is 17.1 Å². The van der Waals surface area contributed by atoms with E-state index in [0.29, 0.717) is 17.3 Å². The van der Waals surface area contributed by atoms with Gasteiger partial charge >= 0.3 is 0 Å².